The van der Waals surface area contributed by atoms with E-state index in [2.05, 4.69) is 5.32 Å². The fourth-order valence-electron chi connectivity index (χ4n) is 1.81. The van der Waals surface area contributed by atoms with Crippen molar-refractivity contribution in [3.05, 3.63) is 58.9 Å². The standard InChI is InChI=1S/C16H15ClFNOS2/c1-21-12-5-2-4-11(8-12)19-16(20)10-22-9-13-14(17)6-3-7-15(13)18/h2-8H,9-10H2,1H3,(H,19,20). The Morgan fingerprint density at radius 3 is 2.77 bits per heavy atom. The third kappa shape index (κ3) is 4.93. The van der Waals surface area contributed by atoms with Crippen LogP contribution in [0.2, 0.25) is 5.02 Å². The van der Waals surface area contributed by atoms with Crippen LogP contribution in [0.1, 0.15) is 5.56 Å². The number of hydrogen-bond donors (Lipinski definition) is 1. The molecule has 1 N–H and O–H groups in total. The van der Waals surface area contributed by atoms with Gasteiger partial charge in [-0.25, -0.2) is 4.39 Å². The van der Waals surface area contributed by atoms with E-state index in [1.165, 1.54) is 17.8 Å². The van der Waals surface area contributed by atoms with Crippen molar-refractivity contribution in [2.24, 2.45) is 0 Å². The predicted octanol–water partition coefficient (Wildman–Crippen LogP) is 5.07. The van der Waals surface area contributed by atoms with Crippen LogP contribution in [0.5, 0.6) is 0 Å². The Bertz CT molecular complexity index is 646. The summed E-state index contributed by atoms with van der Waals surface area (Å²) in [5.41, 5.74) is 1.20. The molecule has 0 aliphatic rings. The summed E-state index contributed by atoms with van der Waals surface area (Å²) < 4.78 is 13.6. The van der Waals surface area contributed by atoms with Crippen LogP contribution in [0, 0.1) is 5.82 Å². The Labute approximate surface area is 142 Å². The van der Waals surface area contributed by atoms with Crippen molar-refractivity contribution in [2.75, 3.05) is 17.3 Å². The van der Waals surface area contributed by atoms with Gasteiger partial charge in [-0.3, -0.25) is 4.79 Å². The molecule has 22 heavy (non-hydrogen) atoms. The van der Waals surface area contributed by atoms with Crippen molar-refractivity contribution in [2.45, 2.75) is 10.6 Å². The van der Waals surface area contributed by atoms with Crippen molar-refractivity contribution in [3.63, 3.8) is 0 Å². The Kier molecular flexibility index (Phi) is 6.61. The minimum Gasteiger partial charge on any atom is -0.325 e. The van der Waals surface area contributed by atoms with Gasteiger partial charge in [0, 0.05) is 26.9 Å². The number of benzene rings is 2. The van der Waals surface area contributed by atoms with Crippen LogP contribution in [-0.4, -0.2) is 17.9 Å². The van der Waals surface area contributed by atoms with Crippen LogP contribution >= 0.6 is 35.1 Å². The molecule has 6 heteroatoms. The number of halogens is 2. The van der Waals surface area contributed by atoms with Crippen molar-refractivity contribution in [1.29, 1.82) is 0 Å². The van der Waals surface area contributed by atoms with E-state index in [-0.39, 0.29) is 17.5 Å². The summed E-state index contributed by atoms with van der Waals surface area (Å²) >= 11 is 8.90. The Balaban J connectivity index is 1.85. The molecule has 0 spiro atoms. The maximum absolute atomic E-state index is 13.6. The van der Waals surface area contributed by atoms with E-state index in [1.807, 2.05) is 30.5 Å². The van der Waals surface area contributed by atoms with Crippen LogP contribution in [0.3, 0.4) is 0 Å². The molecule has 2 aromatic rings. The second kappa shape index (κ2) is 8.46. The number of thioether (sulfide) groups is 2. The largest absolute Gasteiger partial charge is 0.325 e. The van der Waals surface area contributed by atoms with Crippen LogP contribution in [0.25, 0.3) is 0 Å². The highest BCUT2D eigenvalue weighted by molar-refractivity contribution is 7.99. The molecular weight excluding hydrogens is 341 g/mol. The fourth-order valence-corrected chi connectivity index (χ4v) is 3.44. The minimum atomic E-state index is -0.340. The quantitative estimate of drug-likeness (QED) is 0.733. The maximum Gasteiger partial charge on any atom is 0.234 e. The van der Waals surface area contributed by atoms with Gasteiger partial charge in [0.2, 0.25) is 5.91 Å². The van der Waals surface area contributed by atoms with Gasteiger partial charge in [0.1, 0.15) is 5.82 Å². The monoisotopic (exact) mass is 355 g/mol. The van der Waals surface area contributed by atoms with Crippen LogP contribution in [0.15, 0.2) is 47.4 Å². The van der Waals surface area contributed by atoms with Gasteiger partial charge in [-0.05, 0) is 36.6 Å². The van der Waals surface area contributed by atoms with Crippen LogP contribution in [-0.2, 0) is 10.5 Å². The summed E-state index contributed by atoms with van der Waals surface area (Å²) in [6.45, 7) is 0. The van der Waals surface area contributed by atoms with E-state index in [1.54, 1.807) is 23.9 Å². The van der Waals surface area contributed by atoms with Gasteiger partial charge in [0.15, 0.2) is 0 Å². The summed E-state index contributed by atoms with van der Waals surface area (Å²) in [4.78, 5) is 13.0. The third-order valence-corrected chi connectivity index (χ3v) is 4.93. The highest BCUT2D eigenvalue weighted by Crippen LogP contribution is 2.24. The van der Waals surface area contributed by atoms with Crippen molar-refractivity contribution < 1.29 is 9.18 Å². The second-order valence-corrected chi connectivity index (χ2v) is 6.75. The van der Waals surface area contributed by atoms with Crippen LogP contribution < -0.4 is 5.32 Å². The Hall–Kier alpha value is -1.17. The van der Waals surface area contributed by atoms with Gasteiger partial charge < -0.3 is 5.32 Å². The number of carbonyl (C=O) groups is 1. The zero-order valence-electron chi connectivity index (χ0n) is 11.9. The number of nitrogens with one attached hydrogen (secondary N) is 1. The van der Waals surface area contributed by atoms with Crippen molar-refractivity contribution in [1.82, 2.24) is 0 Å². The molecule has 0 unspecified atom stereocenters. The summed E-state index contributed by atoms with van der Waals surface area (Å²) in [7, 11) is 0. The highest BCUT2D eigenvalue weighted by atomic mass is 35.5. The molecule has 0 radical (unpaired) electrons. The third-order valence-electron chi connectivity index (χ3n) is 2.89. The summed E-state index contributed by atoms with van der Waals surface area (Å²) in [6.07, 6.45) is 1.98. The lowest BCUT2D eigenvalue weighted by Crippen LogP contribution is -2.14. The maximum atomic E-state index is 13.6. The normalized spacial score (nSPS) is 10.5. The van der Waals surface area contributed by atoms with E-state index >= 15 is 0 Å². The van der Waals surface area contributed by atoms with Gasteiger partial charge in [0.05, 0.1) is 5.75 Å². The number of anilines is 1. The average molecular weight is 356 g/mol. The minimum absolute atomic E-state index is 0.115. The molecular formula is C16H15ClFNOS2. The average Bonchev–Trinajstić information content (AvgIpc) is 2.50. The molecule has 0 saturated heterocycles. The van der Waals surface area contributed by atoms with Crippen molar-refractivity contribution in [3.8, 4) is 0 Å². The zero-order chi connectivity index (χ0) is 15.9. The lowest BCUT2D eigenvalue weighted by atomic mass is 10.2. The smallest absolute Gasteiger partial charge is 0.234 e. The molecule has 0 fully saturated rings. The van der Waals surface area contributed by atoms with Gasteiger partial charge in [-0.2, -0.15) is 0 Å². The van der Waals surface area contributed by atoms with Crippen molar-refractivity contribution >= 4 is 46.7 Å². The molecule has 0 atom stereocenters. The Morgan fingerprint density at radius 2 is 2.05 bits per heavy atom. The van der Waals surface area contributed by atoms with E-state index in [4.69, 9.17) is 11.6 Å². The first-order valence-electron chi connectivity index (χ1n) is 6.54. The van der Waals surface area contributed by atoms with E-state index < -0.39 is 0 Å². The highest BCUT2D eigenvalue weighted by Gasteiger charge is 2.09. The van der Waals surface area contributed by atoms with Gasteiger partial charge in [0.25, 0.3) is 0 Å². The SMILES string of the molecule is CSc1cccc(NC(=O)CSCc2c(F)cccc2Cl)c1. The predicted molar refractivity (Wildman–Crippen MR) is 94.4 cm³/mol. The lowest BCUT2D eigenvalue weighted by Gasteiger charge is -2.08. The molecule has 0 heterocycles. The molecule has 2 rings (SSSR count). The van der Waals surface area contributed by atoms with Gasteiger partial charge in [-0.1, -0.05) is 23.7 Å². The molecule has 116 valence electrons. The fraction of sp³-hybridized carbons (Fsp3) is 0.188. The topological polar surface area (TPSA) is 29.1 Å². The van der Waals surface area contributed by atoms with Crippen LogP contribution in [0.4, 0.5) is 10.1 Å². The molecule has 0 aliphatic heterocycles. The van der Waals surface area contributed by atoms with Gasteiger partial charge in [-0.15, -0.1) is 23.5 Å². The molecule has 0 bridgehead atoms. The first-order chi connectivity index (χ1) is 10.6. The molecule has 0 saturated carbocycles. The van der Waals surface area contributed by atoms with Gasteiger partial charge >= 0.3 is 0 Å². The summed E-state index contributed by atoms with van der Waals surface area (Å²) in [5.74, 6) is 0.154. The Morgan fingerprint density at radius 1 is 1.27 bits per heavy atom. The second-order valence-electron chi connectivity index (χ2n) is 4.47. The molecule has 2 aromatic carbocycles. The lowest BCUT2D eigenvalue weighted by molar-refractivity contribution is -0.113. The summed E-state index contributed by atoms with van der Waals surface area (Å²) in [5, 5.41) is 3.22. The molecule has 2 nitrogen and oxygen atoms in total. The first-order valence-corrected chi connectivity index (χ1v) is 9.30. The zero-order valence-corrected chi connectivity index (χ0v) is 14.3. The number of rotatable bonds is 6. The molecule has 0 aliphatic carbocycles. The van der Waals surface area contributed by atoms with E-state index in [9.17, 15) is 9.18 Å². The molecule has 0 aromatic heterocycles. The van der Waals surface area contributed by atoms with E-state index in [0.717, 1.165) is 10.6 Å². The number of amides is 1. The number of carbonyl (C=O) groups excluding carboxylic acids is 1. The first kappa shape index (κ1) is 17.2. The molecule has 1 amide bonds. The summed E-state index contributed by atoms with van der Waals surface area (Å²) in [6, 6.07) is 12.2. The van der Waals surface area contributed by atoms with E-state index in [0.29, 0.717) is 16.3 Å². The number of hydrogen-bond acceptors (Lipinski definition) is 3.